The van der Waals surface area contributed by atoms with E-state index in [-0.39, 0.29) is 32.5 Å². The minimum Gasteiger partial charge on any atom is -0.398 e. The van der Waals surface area contributed by atoms with Gasteiger partial charge in [0, 0.05) is 23.8 Å². The largest absolute Gasteiger partial charge is 0.398 e. The molecule has 0 aliphatic carbocycles. The summed E-state index contributed by atoms with van der Waals surface area (Å²) >= 11 is 8.93. The summed E-state index contributed by atoms with van der Waals surface area (Å²) in [5.41, 5.74) is 5.87. The normalized spacial score (nSPS) is 11.4. The van der Waals surface area contributed by atoms with Gasteiger partial charge in [-0.25, -0.2) is 13.1 Å². The molecule has 0 heterocycles. The number of nitrogens with one attached hydrogen (secondary N) is 1. The van der Waals surface area contributed by atoms with Crippen LogP contribution in [0.1, 0.15) is 13.8 Å². The molecule has 0 radical (unpaired) electrons. The van der Waals surface area contributed by atoms with Crippen molar-refractivity contribution in [2.24, 2.45) is 0 Å². The first kappa shape index (κ1) is 18.2. The van der Waals surface area contributed by atoms with Crippen molar-refractivity contribution < 1.29 is 13.2 Å². The van der Waals surface area contributed by atoms with Gasteiger partial charge in [0.05, 0.1) is 15.9 Å². The monoisotopic (exact) mass is 397 g/mol. The Bertz CT molecular complexity index is 633. The van der Waals surface area contributed by atoms with Crippen LogP contribution in [-0.2, 0) is 14.8 Å². The fourth-order valence-corrected chi connectivity index (χ4v) is 3.97. The molecule has 1 aromatic carbocycles. The van der Waals surface area contributed by atoms with E-state index in [9.17, 15) is 13.2 Å². The lowest BCUT2D eigenvalue weighted by molar-refractivity contribution is -0.129. The Balaban J connectivity index is 2.96. The summed E-state index contributed by atoms with van der Waals surface area (Å²) in [6.45, 7) is 4.37. The minimum atomic E-state index is -3.89. The molecule has 118 valence electrons. The zero-order valence-corrected chi connectivity index (χ0v) is 14.8. The number of nitrogen functional groups attached to an aromatic ring is 1. The fraction of sp³-hybridized carbons (Fsp3) is 0.417. The van der Waals surface area contributed by atoms with E-state index in [1.54, 1.807) is 0 Å². The van der Waals surface area contributed by atoms with Gasteiger partial charge in [-0.1, -0.05) is 11.6 Å². The van der Waals surface area contributed by atoms with E-state index < -0.39 is 10.0 Å². The average molecular weight is 399 g/mol. The Morgan fingerprint density at radius 2 is 1.95 bits per heavy atom. The van der Waals surface area contributed by atoms with Crippen LogP contribution in [0.15, 0.2) is 21.5 Å². The third kappa shape index (κ3) is 4.57. The van der Waals surface area contributed by atoms with Crippen LogP contribution in [0.3, 0.4) is 0 Å². The Hall–Kier alpha value is -0.830. The van der Waals surface area contributed by atoms with E-state index in [1.165, 1.54) is 17.0 Å². The summed E-state index contributed by atoms with van der Waals surface area (Å²) in [6, 6.07) is 2.71. The molecule has 0 bridgehead atoms. The number of rotatable bonds is 6. The average Bonchev–Trinajstić information content (AvgIpc) is 2.42. The second-order valence-corrected chi connectivity index (χ2v) is 7.16. The third-order valence-corrected chi connectivity index (χ3v) is 5.64. The summed E-state index contributed by atoms with van der Waals surface area (Å²) in [5.74, 6) is -0.297. The molecule has 0 fully saturated rings. The molecule has 0 atom stereocenters. The first-order valence-electron chi connectivity index (χ1n) is 6.24. The number of sulfonamides is 1. The van der Waals surface area contributed by atoms with Gasteiger partial charge in [0.1, 0.15) is 0 Å². The number of nitrogens with zero attached hydrogens (tertiary/aromatic N) is 1. The maximum Gasteiger partial charge on any atom is 0.242 e. The van der Waals surface area contributed by atoms with Gasteiger partial charge in [-0.3, -0.25) is 4.79 Å². The topological polar surface area (TPSA) is 92.5 Å². The van der Waals surface area contributed by atoms with E-state index in [2.05, 4.69) is 20.7 Å². The standard InChI is InChI=1S/C12H17BrClN3O3S/c1-3-17(4-2)11(18)7-16-21(19,20)10-6-8(14)5-9(15)12(10)13/h5-6,16H,3-4,7,15H2,1-2H3. The van der Waals surface area contributed by atoms with Gasteiger partial charge in [-0.15, -0.1) is 0 Å². The Morgan fingerprint density at radius 3 is 2.48 bits per heavy atom. The van der Waals surface area contributed by atoms with E-state index in [0.29, 0.717) is 13.1 Å². The molecule has 1 rings (SSSR count). The van der Waals surface area contributed by atoms with E-state index >= 15 is 0 Å². The molecule has 3 N–H and O–H groups in total. The number of carbonyl (C=O) groups is 1. The van der Waals surface area contributed by atoms with Gasteiger partial charge in [-0.05, 0) is 41.9 Å². The first-order chi connectivity index (χ1) is 9.72. The molecule has 1 amide bonds. The molecule has 0 unspecified atom stereocenters. The van der Waals surface area contributed by atoms with Crippen LogP contribution < -0.4 is 10.5 Å². The van der Waals surface area contributed by atoms with Crippen molar-refractivity contribution in [2.75, 3.05) is 25.4 Å². The number of likely N-dealkylation sites (N-methyl/N-ethyl adjacent to an activating group) is 1. The number of halogens is 2. The van der Waals surface area contributed by atoms with E-state index in [4.69, 9.17) is 17.3 Å². The van der Waals surface area contributed by atoms with Crippen molar-refractivity contribution in [3.63, 3.8) is 0 Å². The van der Waals surface area contributed by atoms with Crippen LogP contribution in [0.2, 0.25) is 5.02 Å². The number of hydrogen-bond donors (Lipinski definition) is 2. The van der Waals surface area contributed by atoms with E-state index in [1.807, 2.05) is 13.8 Å². The highest BCUT2D eigenvalue weighted by Crippen LogP contribution is 2.31. The van der Waals surface area contributed by atoms with Crippen LogP contribution >= 0.6 is 27.5 Å². The van der Waals surface area contributed by atoms with Crippen molar-refractivity contribution in [1.82, 2.24) is 9.62 Å². The van der Waals surface area contributed by atoms with Gasteiger partial charge in [0.15, 0.2) is 0 Å². The quantitative estimate of drug-likeness (QED) is 0.715. The molecule has 6 nitrogen and oxygen atoms in total. The molecule has 1 aromatic rings. The summed E-state index contributed by atoms with van der Waals surface area (Å²) in [4.78, 5) is 13.3. The van der Waals surface area contributed by atoms with Gasteiger partial charge in [-0.2, -0.15) is 0 Å². The summed E-state index contributed by atoms with van der Waals surface area (Å²) in [7, 11) is -3.89. The van der Waals surface area contributed by atoms with Crippen LogP contribution in [-0.4, -0.2) is 38.9 Å². The second-order valence-electron chi connectivity index (χ2n) is 4.20. The van der Waals surface area contributed by atoms with Crippen molar-refractivity contribution in [2.45, 2.75) is 18.7 Å². The maximum absolute atomic E-state index is 12.2. The number of carbonyl (C=O) groups excluding carboxylic acids is 1. The van der Waals surface area contributed by atoms with Crippen LogP contribution in [0, 0.1) is 0 Å². The molecule has 0 aromatic heterocycles. The van der Waals surface area contributed by atoms with Gasteiger partial charge >= 0.3 is 0 Å². The lowest BCUT2D eigenvalue weighted by Gasteiger charge is -2.19. The van der Waals surface area contributed by atoms with Crippen LogP contribution in [0.25, 0.3) is 0 Å². The van der Waals surface area contributed by atoms with Crippen molar-refractivity contribution in [1.29, 1.82) is 0 Å². The molecule has 21 heavy (non-hydrogen) atoms. The maximum atomic E-state index is 12.2. The smallest absolute Gasteiger partial charge is 0.242 e. The molecular weight excluding hydrogens is 382 g/mol. The molecule has 0 aliphatic rings. The summed E-state index contributed by atoms with van der Waals surface area (Å²) < 4.78 is 26.9. The zero-order chi connectivity index (χ0) is 16.2. The molecule has 0 spiro atoms. The predicted molar refractivity (Wildman–Crippen MR) is 86.7 cm³/mol. The lowest BCUT2D eigenvalue weighted by Crippen LogP contribution is -2.40. The SMILES string of the molecule is CCN(CC)C(=O)CNS(=O)(=O)c1cc(Cl)cc(N)c1Br. The molecular formula is C12H17BrClN3O3S. The number of anilines is 1. The number of hydrogen-bond acceptors (Lipinski definition) is 4. The second kappa shape index (κ2) is 7.44. The molecule has 9 heteroatoms. The first-order valence-corrected chi connectivity index (χ1v) is 8.90. The van der Waals surface area contributed by atoms with Gasteiger partial charge < -0.3 is 10.6 Å². The number of amides is 1. The minimum absolute atomic E-state index is 0.0974. The Labute approximate surface area is 137 Å². The van der Waals surface area contributed by atoms with E-state index in [0.717, 1.165) is 0 Å². The predicted octanol–water partition coefficient (Wildman–Crippen LogP) is 1.83. The van der Waals surface area contributed by atoms with Crippen molar-refractivity contribution in [3.8, 4) is 0 Å². The molecule has 0 saturated heterocycles. The zero-order valence-electron chi connectivity index (χ0n) is 11.7. The van der Waals surface area contributed by atoms with Crippen molar-refractivity contribution >= 4 is 49.1 Å². The molecule has 0 saturated carbocycles. The fourth-order valence-electron chi connectivity index (χ4n) is 1.70. The third-order valence-electron chi connectivity index (χ3n) is 2.85. The van der Waals surface area contributed by atoms with Crippen LogP contribution in [0.5, 0.6) is 0 Å². The van der Waals surface area contributed by atoms with Gasteiger partial charge in [0.2, 0.25) is 15.9 Å². The van der Waals surface area contributed by atoms with Crippen LogP contribution in [0.4, 0.5) is 5.69 Å². The number of nitrogens with two attached hydrogens (primary N) is 1. The highest BCUT2D eigenvalue weighted by atomic mass is 79.9. The Morgan fingerprint density at radius 1 is 1.38 bits per heavy atom. The highest BCUT2D eigenvalue weighted by molar-refractivity contribution is 9.10. The lowest BCUT2D eigenvalue weighted by atomic mass is 10.3. The van der Waals surface area contributed by atoms with Gasteiger partial charge in [0.25, 0.3) is 0 Å². The molecule has 0 aliphatic heterocycles. The highest BCUT2D eigenvalue weighted by Gasteiger charge is 2.22. The van der Waals surface area contributed by atoms with Crippen molar-refractivity contribution in [3.05, 3.63) is 21.6 Å². The number of benzene rings is 1. The summed E-state index contributed by atoms with van der Waals surface area (Å²) in [6.07, 6.45) is 0. The summed E-state index contributed by atoms with van der Waals surface area (Å²) in [5, 5.41) is 0.200. The Kier molecular flexibility index (Phi) is 6.45.